The zero-order valence-electron chi connectivity index (χ0n) is 28.9. The smallest absolute Gasteiger partial charge is 1.00 e. The van der Waals surface area contributed by atoms with Crippen molar-refractivity contribution in [2.45, 2.75) is 151 Å². The van der Waals surface area contributed by atoms with Gasteiger partial charge in [-0.05, 0) is 97.5 Å². The molecule has 4 aliphatic carbocycles. The van der Waals surface area contributed by atoms with Gasteiger partial charge in [0, 0.05) is 0 Å². The quantitative estimate of drug-likeness (QED) is 0.172. The third-order valence-corrected chi connectivity index (χ3v) is 18.1. The van der Waals surface area contributed by atoms with Gasteiger partial charge in [0.25, 0.3) is 0 Å². The summed E-state index contributed by atoms with van der Waals surface area (Å²) in [5.74, 6) is 0. The van der Waals surface area contributed by atoms with E-state index in [4.69, 9.17) is 0 Å². The second-order valence-electron chi connectivity index (χ2n) is 14.2. The fourth-order valence-electron chi connectivity index (χ4n) is 8.59. The van der Waals surface area contributed by atoms with E-state index in [2.05, 4.69) is 85.0 Å². The molecule has 0 bridgehead atoms. The van der Waals surface area contributed by atoms with Gasteiger partial charge in [-0.2, -0.15) is 0 Å². The van der Waals surface area contributed by atoms with Crippen molar-refractivity contribution in [3.8, 4) is 0 Å². The Morgan fingerprint density at radius 1 is 0.404 bits per heavy atom. The molecule has 0 aliphatic heterocycles. The van der Waals surface area contributed by atoms with Crippen LogP contribution >= 0.6 is 15.8 Å². The molecule has 0 atom stereocenters. The van der Waals surface area contributed by atoms with Crippen LogP contribution in [0.2, 0.25) is 0 Å². The topological polar surface area (TPSA) is 0 Å². The molecule has 0 spiro atoms. The van der Waals surface area contributed by atoms with E-state index < -0.39 is 0 Å². The van der Waals surface area contributed by atoms with Crippen molar-refractivity contribution in [2.24, 2.45) is 0 Å². The van der Waals surface area contributed by atoms with Gasteiger partial charge in [0.05, 0.1) is 0 Å². The summed E-state index contributed by atoms with van der Waals surface area (Å²) in [5.41, 5.74) is 7.04. The summed E-state index contributed by atoms with van der Waals surface area (Å²) in [6, 6.07) is 21.7. The van der Waals surface area contributed by atoms with E-state index in [9.17, 15) is 0 Å². The molecule has 0 nitrogen and oxygen atoms in total. The first-order chi connectivity index (χ1) is 21.9. The van der Waals surface area contributed by atoms with Crippen LogP contribution in [-0.2, 0) is 16.5 Å². The molecule has 0 unspecified atom stereocenters. The molecule has 2 aromatic rings. The Balaban J connectivity index is 0.000000307. The first-order valence-corrected chi connectivity index (χ1v) is 22.1. The van der Waals surface area contributed by atoms with Gasteiger partial charge >= 0.3 is 16.5 Å². The van der Waals surface area contributed by atoms with Crippen LogP contribution in [0.5, 0.6) is 0 Å². The molecule has 0 heterocycles. The molecule has 0 radical (unpaired) electrons. The molecule has 0 saturated heterocycles. The van der Waals surface area contributed by atoms with E-state index in [1.54, 1.807) is 0 Å². The first-order valence-electron chi connectivity index (χ1n) is 18.8. The van der Waals surface area contributed by atoms with Crippen molar-refractivity contribution in [1.29, 1.82) is 0 Å². The van der Waals surface area contributed by atoms with E-state index in [0.717, 1.165) is 22.6 Å². The Morgan fingerprint density at radius 2 is 0.660 bits per heavy atom. The number of allylic oxidation sites excluding steroid dienone is 2. The van der Waals surface area contributed by atoms with Crippen LogP contribution in [0.25, 0.3) is 12.2 Å². The molecule has 4 fully saturated rings. The maximum atomic E-state index is 2.50. The number of hydrogen-bond acceptors (Lipinski definition) is 0. The maximum Gasteiger partial charge on any atom is 2.00 e. The third-order valence-electron chi connectivity index (χ3n) is 11.0. The summed E-state index contributed by atoms with van der Waals surface area (Å²) in [4.78, 5) is 0. The van der Waals surface area contributed by atoms with Gasteiger partial charge in [0.2, 0.25) is 0 Å². The molecule has 0 amide bonds. The summed E-state index contributed by atoms with van der Waals surface area (Å²) in [7, 11) is 0.440. The molecular formula is C42H62Cl2NiP2. The molecule has 4 saturated carbocycles. The van der Waals surface area contributed by atoms with Gasteiger partial charge in [0.15, 0.2) is 0 Å². The predicted octanol–water partition coefficient (Wildman–Crippen LogP) is 7.70. The number of halogens is 2. The molecule has 0 aromatic heterocycles. The van der Waals surface area contributed by atoms with Crippen LogP contribution in [0, 0.1) is 0 Å². The fourth-order valence-corrected chi connectivity index (χ4v) is 15.8. The molecular weight excluding hydrogens is 696 g/mol. The second-order valence-corrected chi connectivity index (χ2v) is 19.9. The number of hydrogen-bond donors (Lipinski definition) is 0. The van der Waals surface area contributed by atoms with Gasteiger partial charge in [-0.25, -0.2) is 0 Å². The fraction of sp³-hybridized carbons (Fsp3) is 0.619. The van der Waals surface area contributed by atoms with Crippen LogP contribution in [-0.4, -0.2) is 35.0 Å². The summed E-state index contributed by atoms with van der Waals surface area (Å²) in [5, 5.41) is 0. The largest absolute Gasteiger partial charge is 2.00 e. The van der Waals surface area contributed by atoms with Crippen molar-refractivity contribution in [1.82, 2.24) is 0 Å². The zero-order chi connectivity index (χ0) is 30.1. The summed E-state index contributed by atoms with van der Waals surface area (Å²) < 4.78 is 0. The van der Waals surface area contributed by atoms with E-state index in [1.165, 1.54) is 152 Å². The second kappa shape index (κ2) is 25.8. The van der Waals surface area contributed by atoms with E-state index >= 15 is 0 Å². The van der Waals surface area contributed by atoms with E-state index in [1.807, 2.05) is 0 Å². The van der Waals surface area contributed by atoms with E-state index in [-0.39, 0.29) is 57.1 Å². The number of benzene rings is 2. The van der Waals surface area contributed by atoms with Crippen LogP contribution < -0.4 is 24.8 Å². The third kappa shape index (κ3) is 15.3. The standard InChI is InChI=1S/2C21H31P.2ClH.Ni/c2*1-4-11-19(12-5-1)13-10-18-22(20-14-6-2-7-15-20)21-16-8-3-9-17-21;;;/h2*1,4-5,10-13,20-21H,2-3,6-9,14-18H2;2*1H;/q;;;;+2/p-2. The zero-order valence-corrected chi connectivity index (χ0v) is 33.2. The summed E-state index contributed by atoms with van der Waals surface area (Å²) in [6.07, 6.45) is 42.7. The van der Waals surface area contributed by atoms with Gasteiger partial charge in [-0.1, -0.05) is 178 Å². The molecule has 6 rings (SSSR count). The SMILES string of the molecule is C(=Cc1ccccc1)CP(C1CCCCC1)C1CCCCC1.C(=Cc1ccccc1)CP(C1CCCCC1)C1CCCCC1.[Cl-].[Cl-].[Ni+2]. The van der Waals surface area contributed by atoms with Crippen LogP contribution in [0.4, 0.5) is 0 Å². The Hall–Kier alpha value is -0.146. The Bertz CT molecular complexity index is 947. The van der Waals surface area contributed by atoms with Crippen LogP contribution in [0.3, 0.4) is 0 Å². The average Bonchev–Trinajstić information content (AvgIpc) is 3.11. The Labute approximate surface area is 314 Å². The molecule has 47 heavy (non-hydrogen) atoms. The Kier molecular flexibility index (Phi) is 23.6. The minimum atomic E-state index is 0. The van der Waals surface area contributed by atoms with Crippen molar-refractivity contribution >= 4 is 28.0 Å². The van der Waals surface area contributed by atoms with Gasteiger partial charge in [0.1, 0.15) is 0 Å². The van der Waals surface area contributed by atoms with Crippen molar-refractivity contribution < 1.29 is 41.3 Å². The molecule has 5 heteroatoms. The predicted molar refractivity (Wildman–Crippen MR) is 202 cm³/mol. The molecule has 4 aliphatic rings. The van der Waals surface area contributed by atoms with E-state index in [0.29, 0.717) is 0 Å². The summed E-state index contributed by atoms with van der Waals surface area (Å²) in [6.45, 7) is 0. The monoisotopic (exact) mass is 756 g/mol. The average molecular weight is 759 g/mol. The van der Waals surface area contributed by atoms with Gasteiger partial charge in [-0.15, -0.1) is 0 Å². The summed E-state index contributed by atoms with van der Waals surface area (Å²) >= 11 is 0. The molecule has 264 valence electrons. The normalized spacial score (nSPS) is 20.3. The minimum absolute atomic E-state index is 0. The van der Waals surface area contributed by atoms with Crippen molar-refractivity contribution in [3.05, 3.63) is 83.9 Å². The van der Waals surface area contributed by atoms with Crippen LogP contribution in [0.15, 0.2) is 72.8 Å². The first kappa shape index (κ1) is 43.0. The maximum absolute atomic E-state index is 2.50. The van der Waals surface area contributed by atoms with Crippen molar-refractivity contribution in [2.75, 3.05) is 12.3 Å². The van der Waals surface area contributed by atoms with Gasteiger partial charge in [-0.3, -0.25) is 0 Å². The minimum Gasteiger partial charge on any atom is -1.00 e. The van der Waals surface area contributed by atoms with Crippen LogP contribution in [0.1, 0.15) is 140 Å². The molecule has 0 N–H and O–H groups in total. The van der Waals surface area contributed by atoms with Gasteiger partial charge < -0.3 is 24.8 Å². The molecule has 2 aromatic carbocycles. The Morgan fingerprint density at radius 3 is 0.915 bits per heavy atom. The van der Waals surface area contributed by atoms with Crippen molar-refractivity contribution in [3.63, 3.8) is 0 Å². The number of rotatable bonds is 10.